The van der Waals surface area contributed by atoms with Gasteiger partial charge in [0.05, 0.1) is 5.52 Å². The Morgan fingerprint density at radius 2 is 1.87 bits per heavy atom. The highest BCUT2D eigenvalue weighted by atomic mass is 15.4. The van der Waals surface area contributed by atoms with Crippen LogP contribution in [-0.2, 0) is 12.5 Å². The molecular weight excluding hydrogens is 186 g/mol. The molecule has 0 saturated heterocycles. The molecule has 0 unspecified atom stereocenters. The van der Waals surface area contributed by atoms with E-state index in [2.05, 4.69) is 44.1 Å². The Balaban J connectivity index is 2.90. The first kappa shape index (κ1) is 10.1. The van der Waals surface area contributed by atoms with Gasteiger partial charge in [-0.25, -0.2) is 4.68 Å². The number of rotatable bonds is 0. The quantitative estimate of drug-likeness (QED) is 0.659. The van der Waals surface area contributed by atoms with Gasteiger partial charge in [0.25, 0.3) is 0 Å². The molecule has 2 aromatic rings. The zero-order valence-electron chi connectivity index (χ0n) is 10.00. The predicted octanol–water partition coefficient (Wildman–Crippen LogP) is 2.57. The first-order valence-corrected chi connectivity index (χ1v) is 5.21. The van der Waals surface area contributed by atoms with E-state index in [1.807, 2.05) is 17.8 Å². The molecule has 0 fully saturated rings. The third-order valence-corrected chi connectivity index (χ3v) is 2.73. The van der Waals surface area contributed by atoms with Gasteiger partial charge in [-0.1, -0.05) is 32.1 Å². The Hall–Kier alpha value is -1.38. The Labute approximate surface area is 90.1 Å². The maximum absolute atomic E-state index is 4.15. The van der Waals surface area contributed by atoms with Crippen LogP contribution >= 0.6 is 0 Å². The minimum Gasteiger partial charge on any atom is -0.247 e. The summed E-state index contributed by atoms with van der Waals surface area (Å²) in [4.78, 5) is 0. The summed E-state index contributed by atoms with van der Waals surface area (Å²) in [7, 11) is 1.95. The van der Waals surface area contributed by atoms with Crippen molar-refractivity contribution in [3.63, 3.8) is 0 Å². The second-order valence-electron chi connectivity index (χ2n) is 5.09. The molecule has 15 heavy (non-hydrogen) atoms. The molecule has 1 heterocycles. The van der Waals surface area contributed by atoms with Gasteiger partial charge in [0.2, 0.25) is 0 Å². The summed E-state index contributed by atoms with van der Waals surface area (Å²) in [5, 5.41) is 8.22. The fraction of sp³-hybridized carbons (Fsp3) is 0.500. The van der Waals surface area contributed by atoms with E-state index < -0.39 is 0 Å². The number of aromatic nitrogens is 3. The summed E-state index contributed by atoms with van der Waals surface area (Å²) in [6.07, 6.45) is 0. The molecule has 1 aromatic carbocycles. The molecule has 2 rings (SSSR count). The van der Waals surface area contributed by atoms with Crippen LogP contribution in [0, 0.1) is 6.92 Å². The summed E-state index contributed by atoms with van der Waals surface area (Å²) < 4.78 is 1.86. The van der Waals surface area contributed by atoms with E-state index in [4.69, 9.17) is 0 Å². The van der Waals surface area contributed by atoms with Crippen LogP contribution in [0.15, 0.2) is 12.1 Å². The van der Waals surface area contributed by atoms with Crippen molar-refractivity contribution in [2.24, 2.45) is 7.05 Å². The van der Waals surface area contributed by atoms with Crippen molar-refractivity contribution in [1.82, 2.24) is 15.0 Å². The maximum atomic E-state index is 4.15. The summed E-state index contributed by atoms with van der Waals surface area (Å²) >= 11 is 0. The first-order valence-electron chi connectivity index (χ1n) is 5.21. The van der Waals surface area contributed by atoms with Crippen LogP contribution < -0.4 is 0 Å². The lowest BCUT2D eigenvalue weighted by Gasteiger charge is -2.22. The van der Waals surface area contributed by atoms with Crippen molar-refractivity contribution >= 4 is 11.0 Å². The molecule has 0 aliphatic carbocycles. The Morgan fingerprint density at radius 1 is 1.20 bits per heavy atom. The zero-order chi connectivity index (χ0) is 11.2. The Morgan fingerprint density at radius 3 is 2.47 bits per heavy atom. The molecule has 0 aliphatic heterocycles. The smallest absolute Gasteiger partial charge is 0.113 e. The normalized spacial score (nSPS) is 12.3. The predicted molar refractivity (Wildman–Crippen MR) is 61.9 cm³/mol. The van der Waals surface area contributed by atoms with E-state index in [-0.39, 0.29) is 5.41 Å². The number of hydrogen-bond acceptors (Lipinski definition) is 2. The molecule has 3 nitrogen and oxygen atoms in total. The van der Waals surface area contributed by atoms with E-state index in [1.165, 1.54) is 11.1 Å². The van der Waals surface area contributed by atoms with Gasteiger partial charge in [0.1, 0.15) is 5.52 Å². The molecule has 3 heteroatoms. The zero-order valence-corrected chi connectivity index (χ0v) is 10.00. The van der Waals surface area contributed by atoms with Crippen molar-refractivity contribution in [3.05, 3.63) is 23.3 Å². The molecule has 0 aliphatic rings. The molecule has 0 spiro atoms. The fourth-order valence-corrected chi connectivity index (χ4v) is 2.20. The number of benzene rings is 1. The van der Waals surface area contributed by atoms with Gasteiger partial charge < -0.3 is 0 Å². The van der Waals surface area contributed by atoms with Crippen molar-refractivity contribution in [2.75, 3.05) is 0 Å². The molecule has 1 aromatic heterocycles. The van der Waals surface area contributed by atoms with E-state index in [9.17, 15) is 0 Å². The van der Waals surface area contributed by atoms with Crippen LogP contribution in [0.4, 0.5) is 0 Å². The first-order chi connectivity index (χ1) is 6.91. The number of aryl methyl sites for hydroxylation is 2. The van der Waals surface area contributed by atoms with E-state index >= 15 is 0 Å². The van der Waals surface area contributed by atoms with Crippen LogP contribution in [0.3, 0.4) is 0 Å². The summed E-state index contributed by atoms with van der Waals surface area (Å²) in [6, 6.07) is 4.16. The number of hydrogen-bond donors (Lipinski definition) is 0. The molecule has 80 valence electrons. The van der Waals surface area contributed by atoms with Gasteiger partial charge in [-0.2, -0.15) is 0 Å². The standard InChI is InChI=1S/C12H17N3/c1-8-6-7-9-11(15(5)14-13-9)10(8)12(2,3)4/h6-7H,1-5H3. The lowest BCUT2D eigenvalue weighted by molar-refractivity contribution is 0.586. The molecule has 0 radical (unpaired) electrons. The van der Waals surface area contributed by atoms with Crippen LogP contribution in [0.25, 0.3) is 11.0 Å². The Kier molecular flexibility index (Phi) is 2.07. The van der Waals surface area contributed by atoms with Crippen LogP contribution in [0.5, 0.6) is 0 Å². The SMILES string of the molecule is Cc1ccc2nnn(C)c2c1C(C)(C)C. The molecule has 0 bridgehead atoms. The molecule has 0 atom stereocenters. The summed E-state index contributed by atoms with van der Waals surface area (Å²) in [5.41, 5.74) is 4.91. The summed E-state index contributed by atoms with van der Waals surface area (Å²) in [6.45, 7) is 8.82. The van der Waals surface area contributed by atoms with Gasteiger partial charge in [0.15, 0.2) is 0 Å². The topological polar surface area (TPSA) is 30.7 Å². The third-order valence-electron chi connectivity index (χ3n) is 2.73. The molecular formula is C12H17N3. The highest BCUT2D eigenvalue weighted by Gasteiger charge is 2.21. The van der Waals surface area contributed by atoms with Crippen molar-refractivity contribution in [3.8, 4) is 0 Å². The summed E-state index contributed by atoms with van der Waals surface area (Å²) in [5.74, 6) is 0. The number of fused-ring (bicyclic) bond motifs is 1. The third kappa shape index (κ3) is 1.52. The lowest BCUT2D eigenvalue weighted by Crippen LogP contribution is -2.15. The molecule has 0 amide bonds. The fourth-order valence-electron chi connectivity index (χ4n) is 2.20. The maximum Gasteiger partial charge on any atom is 0.113 e. The average molecular weight is 203 g/mol. The van der Waals surface area contributed by atoms with Crippen molar-refractivity contribution in [1.29, 1.82) is 0 Å². The van der Waals surface area contributed by atoms with Crippen LogP contribution in [0.1, 0.15) is 31.9 Å². The van der Waals surface area contributed by atoms with Gasteiger partial charge in [-0.15, -0.1) is 5.10 Å². The van der Waals surface area contributed by atoms with Crippen molar-refractivity contribution < 1.29 is 0 Å². The van der Waals surface area contributed by atoms with Gasteiger partial charge in [-0.3, -0.25) is 0 Å². The second-order valence-corrected chi connectivity index (χ2v) is 5.09. The van der Waals surface area contributed by atoms with Crippen LogP contribution in [-0.4, -0.2) is 15.0 Å². The largest absolute Gasteiger partial charge is 0.247 e. The highest BCUT2D eigenvalue weighted by Crippen LogP contribution is 2.31. The van der Waals surface area contributed by atoms with E-state index in [0.29, 0.717) is 0 Å². The minimum atomic E-state index is 0.124. The molecule has 0 N–H and O–H groups in total. The second kappa shape index (κ2) is 3.05. The highest BCUT2D eigenvalue weighted by molar-refractivity contribution is 5.80. The minimum absolute atomic E-state index is 0.124. The van der Waals surface area contributed by atoms with Gasteiger partial charge in [0, 0.05) is 7.05 Å². The van der Waals surface area contributed by atoms with E-state index in [1.54, 1.807) is 0 Å². The Bertz CT molecular complexity index is 503. The van der Waals surface area contributed by atoms with Gasteiger partial charge in [-0.05, 0) is 29.5 Å². The molecule has 0 saturated carbocycles. The average Bonchev–Trinajstić information content (AvgIpc) is 2.46. The monoisotopic (exact) mass is 203 g/mol. The van der Waals surface area contributed by atoms with E-state index in [0.717, 1.165) is 11.0 Å². The van der Waals surface area contributed by atoms with Crippen molar-refractivity contribution in [2.45, 2.75) is 33.1 Å². The number of nitrogens with zero attached hydrogens (tertiary/aromatic N) is 3. The van der Waals surface area contributed by atoms with Crippen LogP contribution in [0.2, 0.25) is 0 Å². The van der Waals surface area contributed by atoms with Gasteiger partial charge >= 0.3 is 0 Å². The lowest BCUT2D eigenvalue weighted by atomic mass is 9.83.